The molecule has 2 aromatic carbocycles. The molecule has 13 heteroatoms. The molecule has 0 amide bonds. The van der Waals surface area contributed by atoms with Gasteiger partial charge in [0.1, 0.15) is 56.7 Å². The maximum atomic E-state index is 13.8. The smallest absolute Gasteiger partial charge is 0.323 e. The van der Waals surface area contributed by atoms with Gasteiger partial charge in [0.05, 0.1) is 11.4 Å². The fraction of sp³-hybridized carbons (Fsp3) is 0.333. The van der Waals surface area contributed by atoms with Gasteiger partial charge in [0.2, 0.25) is 0 Å². The lowest BCUT2D eigenvalue weighted by atomic mass is 10.2. The Kier molecular flexibility index (Phi) is 12.7. The molecule has 12 nitrogen and oxygen atoms in total. The van der Waals surface area contributed by atoms with Crippen LogP contribution in [0.1, 0.15) is 13.8 Å². The van der Waals surface area contributed by atoms with E-state index in [0.29, 0.717) is 0 Å². The third kappa shape index (κ3) is 10.7. The molecule has 4 N–H and O–H groups in total. The number of hydrogen-bond acceptors (Lipinski definition) is 8. The van der Waals surface area contributed by atoms with Crippen LogP contribution >= 0.6 is 0 Å². The lowest BCUT2D eigenvalue weighted by Crippen LogP contribution is -2.35. The topological polar surface area (TPSA) is 174 Å². The van der Waals surface area contributed by atoms with E-state index in [0.717, 1.165) is 21.9 Å². The predicted molar refractivity (Wildman–Crippen MR) is 130 cm³/mol. The van der Waals surface area contributed by atoms with Gasteiger partial charge in [0.25, 0.3) is 0 Å². The largest absolute Gasteiger partial charge is 0.488 e. The van der Waals surface area contributed by atoms with Crippen LogP contribution in [0, 0.1) is 5.82 Å². The fourth-order valence-corrected chi connectivity index (χ4v) is 3.11. The van der Waals surface area contributed by atoms with Crippen LogP contribution in [0.15, 0.2) is 42.5 Å². The van der Waals surface area contributed by atoms with E-state index in [-0.39, 0.29) is 36.1 Å². The molecule has 0 aromatic heterocycles. The number of ether oxygens (including phenoxy) is 2. The average Bonchev–Trinajstić information content (AvgIpc) is 2.82. The highest BCUT2D eigenvalue weighted by molar-refractivity contribution is 5.81. The molecule has 2 aromatic rings. The molecule has 0 saturated heterocycles. The minimum Gasteiger partial charge on any atom is -0.488 e. The van der Waals surface area contributed by atoms with Crippen LogP contribution in [-0.2, 0) is 19.2 Å². The Morgan fingerprint density at radius 3 is 1.54 bits per heavy atom. The van der Waals surface area contributed by atoms with Gasteiger partial charge in [-0.2, -0.15) is 0 Å². The van der Waals surface area contributed by atoms with Crippen molar-refractivity contribution in [2.75, 3.05) is 49.2 Å². The van der Waals surface area contributed by atoms with Crippen molar-refractivity contribution in [1.82, 2.24) is 0 Å². The summed E-state index contributed by atoms with van der Waals surface area (Å²) in [5, 5.41) is 36.3. The Labute approximate surface area is 212 Å². The number of nitrogens with zero attached hydrogens (tertiary/aromatic N) is 2. The van der Waals surface area contributed by atoms with Gasteiger partial charge in [0, 0.05) is 6.07 Å². The van der Waals surface area contributed by atoms with E-state index in [1.54, 1.807) is 12.1 Å². The van der Waals surface area contributed by atoms with Crippen molar-refractivity contribution in [3.8, 4) is 11.5 Å². The molecule has 0 unspecified atom stereocenters. The molecule has 37 heavy (non-hydrogen) atoms. The van der Waals surface area contributed by atoms with Crippen LogP contribution in [0.4, 0.5) is 15.8 Å². The molecule has 0 atom stereocenters. The zero-order chi connectivity index (χ0) is 28.0. The van der Waals surface area contributed by atoms with Gasteiger partial charge >= 0.3 is 23.9 Å². The number of carboxylic acid groups (broad SMARTS) is 4. The molecule has 0 aliphatic heterocycles. The fourth-order valence-electron chi connectivity index (χ4n) is 3.11. The highest BCUT2D eigenvalue weighted by Crippen LogP contribution is 2.30. The molecule has 202 valence electrons. The number of carboxylic acids is 4. The molecule has 0 radical (unpaired) electrons. The SMILES string of the molecule is CC.O=C(O)CN(CC(=O)O)c1ccccc1OCCOc1ccc(F)cc1N(CC(=O)O)CC(=O)O. The Hall–Kier alpha value is -4.55. The molecule has 0 bridgehead atoms. The van der Waals surface area contributed by atoms with E-state index in [2.05, 4.69) is 0 Å². The summed E-state index contributed by atoms with van der Waals surface area (Å²) in [4.78, 5) is 46.6. The summed E-state index contributed by atoms with van der Waals surface area (Å²) < 4.78 is 25.0. The van der Waals surface area contributed by atoms with Gasteiger partial charge in [-0.05, 0) is 24.3 Å². The van der Waals surface area contributed by atoms with Gasteiger partial charge in [0.15, 0.2) is 0 Å². The van der Waals surface area contributed by atoms with Crippen LogP contribution in [0.2, 0.25) is 0 Å². The zero-order valence-electron chi connectivity index (χ0n) is 20.3. The van der Waals surface area contributed by atoms with Gasteiger partial charge in [-0.15, -0.1) is 0 Å². The number of halogens is 1. The Bertz CT molecular complexity index is 1050. The standard InChI is InChI=1S/C22H23FN2O10.C2H6/c23-14-5-6-18(16(9-14)25(12-21(30)31)13-22(32)33)35-8-7-34-17-4-2-1-3-15(17)24(10-19(26)27)11-20(28)29;1-2/h1-6,9H,7-8,10-13H2,(H,26,27)(H,28,29)(H,30,31)(H,32,33);1-2H3. The number of para-hydroxylation sites is 2. The molecule has 2 rings (SSSR count). The summed E-state index contributed by atoms with van der Waals surface area (Å²) in [7, 11) is 0. The van der Waals surface area contributed by atoms with E-state index in [1.165, 1.54) is 18.2 Å². The maximum Gasteiger partial charge on any atom is 0.323 e. The van der Waals surface area contributed by atoms with E-state index >= 15 is 0 Å². The molecular formula is C24H29FN2O10. The van der Waals surface area contributed by atoms with Gasteiger partial charge < -0.3 is 39.7 Å². The summed E-state index contributed by atoms with van der Waals surface area (Å²) in [5.41, 5.74) is 0.151. The zero-order valence-corrected chi connectivity index (χ0v) is 20.3. The first-order chi connectivity index (χ1) is 17.6. The second-order valence-electron chi connectivity index (χ2n) is 7.06. The van der Waals surface area contributed by atoms with Crippen LogP contribution in [0.5, 0.6) is 11.5 Å². The summed E-state index contributed by atoms with van der Waals surface area (Å²) in [6.45, 7) is 1.17. The van der Waals surface area contributed by atoms with Crippen molar-refractivity contribution in [3.63, 3.8) is 0 Å². The Balaban J connectivity index is 0.00000334. The lowest BCUT2D eigenvalue weighted by Gasteiger charge is -2.24. The van der Waals surface area contributed by atoms with Crippen molar-refractivity contribution in [1.29, 1.82) is 0 Å². The molecule has 0 spiro atoms. The highest BCUT2D eigenvalue weighted by Gasteiger charge is 2.20. The average molecular weight is 524 g/mol. The first-order valence-electron chi connectivity index (χ1n) is 11.1. The third-order valence-electron chi connectivity index (χ3n) is 4.37. The van der Waals surface area contributed by atoms with Crippen LogP contribution in [0.25, 0.3) is 0 Å². The lowest BCUT2D eigenvalue weighted by molar-refractivity contribution is -0.138. The number of aliphatic carboxylic acids is 4. The quantitative estimate of drug-likeness (QED) is 0.251. The molecule has 0 fully saturated rings. The normalized spacial score (nSPS) is 9.92. The Morgan fingerprint density at radius 2 is 1.08 bits per heavy atom. The molecule has 0 saturated carbocycles. The summed E-state index contributed by atoms with van der Waals surface area (Å²) in [6.07, 6.45) is 0. The Morgan fingerprint density at radius 1 is 0.676 bits per heavy atom. The molecule has 0 heterocycles. The van der Waals surface area contributed by atoms with Crippen molar-refractivity contribution < 1.29 is 53.5 Å². The minimum absolute atomic E-state index is 0.0177. The van der Waals surface area contributed by atoms with Gasteiger partial charge in [-0.3, -0.25) is 19.2 Å². The molecule has 0 aliphatic rings. The first kappa shape index (κ1) is 30.5. The van der Waals surface area contributed by atoms with E-state index < -0.39 is 55.9 Å². The second-order valence-corrected chi connectivity index (χ2v) is 7.06. The van der Waals surface area contributed by atoms with Crippen LogP contribution < -0.4 is 19.3 Å². The van der Waals surface area contributed by atoms with Crippen molar-refractivity contribution in [2.24, 2.45) is 0 Å². The van der Waals surface area contributed by atoms with Crippen LogP contribution in [-0.4, -0.2) is 83.7 Å². The molecule has 0 aliphatic carbocycles. The number of rotatable bonds is 15. The van der Waals surface area contributed by atoms with Crippen LogP contribution in [0.3, 0.4) is 0 Å². The summed E-state index contributed by atoms with van der Waals surface area (Å²) in [6, 6.07) is 9.42. The maximum absolute atomic E-state index is 13.8. The number of carbonyl (C=O) groups is 4. The third-order valence-corrected chi connectivity index (χ3v) is 4.37. The van der Waals surface area contributed by atoms with Gasteiger partial charge in [-0.25, -0.2) is 4.39 Å². The van der Waals surface area contributed by atoms with Crippen molar-refractivity contribution in [2.45, 2.75) is 13.8 Å². The van der Waals surface area contributed by atoms with E-state index in [4.69, 9.17) is 29.9 Å². The van der Waals surface area contributed by atoms with Gasteiger partial charge in [-0.1, -0.05) is 26.0 Å². The predicted octanol–water partition coefficient (Wildman–Crippen LogP) is 2.26. The number of benzene rings is 2. The molecular weight excluding hydrogens is 495 g/mol. The first-order valence-corrected chi connectivity index (χ1v) is 11.1. The van der Waals surface area contributed by atoms with E-state index in [1.807, 2.05) is 13.8 Å². The summed E-state index contributed by atoms with van der Waals surface area (Å²) in [5.74, 6) is -5.64. The minimum atomic E-state index is -1.33. The second kappa shape index (κ2) is 15.4. The highest BCUT2D eigenvalue weighted by atomic mass is 19.1. The van der Waals surface area contributed by atoms with Crippen molar-refractivity contribution in [3.05, 3.63) is 48.3 Å². The summed E-state index contributed by atoms with van der Waals surface area (Å²) >= 11 is 0. The van der Waals surface area contributed by atoms with Crippen molar-refractivity contribution >= 4 is 35.3 Å². The number of anilines is 2. The monoisotopic (exact) mass is 524 g/mol. The number of hydrogen-bond donors (Lipinski definition) is 4. The van der Waals surface area contributed by atoms with E-state index in [9.17, 15) is 23.6 Å².